The maximum absolute atomic E-state index is 5.80. The zero-order chi connectivity index (χ0) is 14.5. The van der Waals surface area contributed by atoms with Crippen LogP contribution in [0.3, 0.4) is 0 Å². The van der Waals surface area contributed by atoms with Crippen molar-refractivity contribution in [3.05, 3.63) is 60.8 Å². The standard InChI is InChI=1S/C15H13N5O/c16-14-15(21-9-11-4-2-1-3-5-11)20-13(8-19-14)12-6-17-10-18-7-12/h1-8,10H,9H2,(H2,16,19). The van der Waals surface area contributed by atoms with Crippen LogP contribution in [-0.2, 0) is 6.61 Å². The molecule has 6 heteroatoms. The van der Waals surface area contributed by atoms with E-state index in [0.29, 0.717) is 18.2 Å². The van der Waals surface area contributed by atoms with E-state index in [9.17, 15) is 0 Å². The lowest BCUT2D eigenvalue weighted by molar-refractivity contribution is 0.295. The fraction of sp³-hybridized carbons (Fsp3) is 0.0667. The van der Waals surface area contributed by atoms with E-state index in [-0.39, 0.29) is 5.82 Å². The molecule has 0 bridgehead atoms. The van der Waals surface area contributed by atoms with Crippen LogP contribution in [0.1, 0.15) is 5.56 Å². The van der Waals surface area contributed by atoms with Gasteiger partial charge in [0.05, 0.1) is 11.9 Å². The van der Waals surface area contributed by atoms with E-state index in [1.54, 1.807) is 18.6 Å². The van der Waals surface area contributed by atoms with Gasteiger partial charge in [0.25, 0.3) is 5.88 Å². The van der Waals surface area contributed by atoms with Gasteiger partial charge < -0.3 is 10.5 Å². The fourth-order valence-corrected chi connectivity index (χ4v) is 1.78. The van der Waals surface area contributed by atoms with Crippen molar-refractivity contribution >= 4 is 5.82 Å². The molecule has 0 saturated carbocycles. The molecular formula is C15H13N5O. The zero-order valence-electron chi connectivity index (χ0n) is 11.2. The van der Waals surface area contributed by atoms with E-state index >= 15 is 0 Å². The SMILES string of the molecule is Nc1ncc(-c2cncnc2)nc1OCc1ccccc1. The Morgan fingerprint density at radius 1 is 1.00 bits per heavy atom. The van der Waals surface area contributed by atoms with E-state index in [4.69, 9.17) is 10.5 Å². The number of benzene rings is 1. The van der Waals surface area contributed by atoms with Gasteiger partial charge in [0.1, 0.15) is 12.9 Å². The number of anilines is 1. The molecule has 2 aromatic heterocycles. The van der Waals surface area contributed by atoms with Crippen LogP contribution < -0.4 is 10.5 Å². The Labute approximate surface area is 121 Å². The van der Waals surface area contributed by atoms with Crippen molar-refractivity contribution in [1.29, 1.82) is 0 Å². The van der Waals surface area contributed by atoms with Gasteiger partial charge in [-0.05, 0) is 5.56 Å². The van der Waals surface area contributed by atoms with Gasteiger partial charge in [-0.15, -0.1) is 0 Å². The van der Waals surface area contributed by atoms with Crippen molar-refractivity contribution < 1.29 is 4.74 Å². The highest BCUT2D eigenvalue weighted by Crippen LogP contribution is 2.22. The van der Waals surface area contributed by atoms with Crippen molar-refractivity contribution in [2.45, 2.75) is 6.61 Å². The van der Waals surface area contributed by atoms with Gasteiger partial charge in [-0.1, -0.05) is 30.3 Å². The summed E-state index contributed by atoms with van der Waals surface area (Å²) < 4.78 is 5.65. The highest BCUT2D eigenvalue weighted by Gasteiger charge is 2.08. The second-order valence-electron chi connectivity index (χ2n) is 4.35. The Kier molecular flexibility index (Phi) is 3.68. The van der Waals surface area contributed by atoms with E-state index in [0.717, 1.165) is 11.1 Å². The van der Waals surface area contributed by atoms with Crippen LogP contribution in [0.5, 0.6) is 5.88 Å². The average molecular weight is 279 g/mol. The van der Waals surface area contributed by atoms with Crippen LogP contribution in [0.4, 0.5) is 5.82 Å². The first kappa shape index (κ1) is 13.0. The van der Waals surface area contributed by atoms with E-state index in [1.165, 1.54) is 6.33 Å². The molecule has 0 fully saturated rings. The minimum absolute atomic E-state index is 0.256. The number of rotatable bonds is 4. The largest absolute Gasteiger partial charge is 0.470 e. The van der Waals surface area contributed by atoms with E-state index < -0.39 is 0 Å². The Balaban J connectivity index is 1.82. The third-order valence-corrected chi connectivity index (χ3v) is 2.84. The third-order valence-electron chi connectivity index (χ3n) is 2.84. The maximum Gasteiger partial charge on any atom is 0.258 e. The molecule has 2 N–H and O–H groups in total. The molecule has 0 amide bonds. The highest BCUT2D eigenvalue weighted by atomic mass is 16.5. The maximum atomic E-state index is 5.80. The summed E-state index contributed by atoms with van der Waals surface area (Å²) in [6.07, 6.45) is 6.35. The Bertz CT molecular complexity index is 719. The molecule has 0 radical (unpaired) electrons. The summed E-state index contributed by atoms with van der Waals surface area (Å²) in [5, 5.41) is 0. The molecule has 3 rings (SSSR count). The minimum Gasteiger partial charge on any atom is -0.470 e. The lowest BCUT2D eigenvalue weighted by Gasteiger charge is -2.08. The number of ether oxygens (including phenoxy) is 1. The molecule has 0 saturated heterocycles. The summed E-state index contributed by atoms with van der Waals surface area (Å²) in [6, 6.07) is 9.79. The molecule has 0 atom stereocenters. The molecule has 0 aliphatic rings. The van der Waals surface area contributed by atoms with Gasteiger partial charge in [-0.2, -0.15) is 0 Å². The van der Waals surface area contributed by atoms with Gasteiger partial charge in [-0.25, -0.2) is 19.9 Å². The van der Waals surface area contributed by atoms with Crippen LogP contribution in [0, 0.1) is 0 Å². The van der Waals surface area contributed by atoms with Gasteiger partial charge >= 0.3 is 0 Å². The summed E-state index contributed by atoms with van der Waals surface area (Å²) >= 11 is 0. The molecule has 2 heterocycles. The monoisotopic (exact) mass is 279 g/mol. The lowest BCUT2D eigenvalue weighted by atomic mass is 10.2. The number of nitrogen functional groups attached to an aromatic ring is 1. The Morgan fingerprint density at radius 2 is 1.76 bits per heavy atom. The predicted octanol–water partition coefficient (Wildman–Crippen LogP) is 2.09. The molecule has 0 aliphatic carbocycles. The van der Waals surface area contributed by atoms with Crippen molar-refractivity contribution in [3.8, 4) is 17.1 Å². The quantitative estimate of drug-likeness (QED) is 0.787. The van der Waals surface area contributed by atoms with Gasteiger partial charge in [0.15, 0.2) is 5.82 Å². The molecular weight excluding hydrogens is 266 g/mol. The van der Waals surface area contributed by atoms with Crippen molar-refractivity contribution in [3.63, 3.8) is 0 Å². The second kappa shape index (κ2) is 5.96. The number of aromatic nitrogens is 4. The molecule has 0 aliphatic heterocycles. The molecule has 21 heavy (non-hydrogen) atoms. The molecule has 0 spiro atoms. The first-order valence-electron chi connectivity index (χ1n) is 6.37. The number of hydrogen-bond acceptors (Lipinski definition) is 6. The highest BCUT2D eigenvalue weighted by molar-refractivity contribution is 5.58. The summed E-state index contributed by atoms with van der Waals surface area (Å²) in [6.45, 7) is 0.383. The van der Waals surface area contributed by atoms with Crippen molar-refractivity contribution in [1.82, 2.24) is 19.9 Å². The summed E-state index contributed by atoms with van der Waals surface area (Å²) in [7, 11) is 0. The Hall–Kier alpha value is -3.02. The van der Waals surface area contributed by atoms with Crippen LogP contribution in [-0.4, -0.2) is 19.9 Å². The van der Waals surface area contributed by atoms with Crippen LogP contribution in [0.15, 0.2) is 55.2 Å². The minimum atomic E-state index is 0.256. The molecule has 6 nitrogen and oxygen atoms in total. The van der Waals surface area contributed by atoms with Gasteiger partial charge in [0, 0.05) is 18.0 Å². The predicted molar refractivity (Wildman–Crippen MR) is 78.2 cm³/mol. The number of nitrogens with zero attached hydrogens (tertiary/aromatic N) is 4. The normalized spacial score (nSPS) is 10.3. The number of hydrogen-bond donors (Lipinski definition) is 1. The molecule has 1 aromatic carbocycles. The van der Waals surface area contributed by atoms with Gasteiger partial charge in [-0.3, -0.25) is 0 Å². The Morgan fingerprint density at radius 3 is 2.52 bits per heavy atom. The third kappa shape index (κ3) is 3.11. The van der Waals surface area contributed by atoms with Crippen LogP contribution >= 0.6 is 0 Å². The summed E-state index contributed by atoms with van der Waals surface area (Å²) in [4.78, 5) is 16.4. The fourth-order valence-electron chi connectivity index (χ4n) is 1.78. The van der Waals surface area contributed by atoms with Crippen LogP contribution in [0.2, 0.25) is 0 Å². The van der Waals surface area contributed by atoms with E-state index in [1.807, 2.05) is 30.3 Å². The summed E-state index contributed by atoms with van der Waals surface area (Å²) in [5.74, 6) is 0.562. The first-order chi connectivity index (χ1) is 10.3. The first-order valence-corrected chi connectivity index (χ1v) is 6.37. The molecule has 0 unspecified atom stereocenters. The smallest absolute Gasteiger partial charge is 0.258 e. The van der Waals surface area contributed by atoms with Crippen molar-refractivity contribution in [2.24, 2.45) is 0 Å². The molecule has 3 aromatic rings. The molecule has 104 valence electrons. The number of nitrogens with two attached hydrogens (primary N) is 1. The van der Waals surface area contributed by atoms with Crippen LogP contribution in [0.25, 0.3) is 11.3 Å². The lowest BCUT2D eigenvalue weighted by Crippen LogP contribution is -2.03. The van der Waals surface area contributed by atoms with E-state index in [2.05, 4.69) is 19.9 Å². The second-order valence-corrected chi connectivity index (χ2v) is 4.35. The van der Waals surface area contributed by atoms with Crippen molar-refractivity contribution in [2.75, 3.05) is 5.73 Å². The topological polar surface area (TPSA) is 86.8 Å². The summed E-state index contributed by atoms with van der Waals surface area (Å²) in [5.41, 5.74) is 8.21. The zero-order valence-corrected chi connectivity index (χ0v) is 11.2. The average Bonchev–Trinajstić information content (AvgIpc) is 2.56. The van der Waals surface area contributed by atoms with Gasteiger partial charge in [0.2, 0.25) is 0 Å².